The fourth-order valence-corrected chi connectivity index (χ4v) is 4.65. The maximum Gasteiger partial charge on any atom is 0.295 e. The molecule has 0 bridgehead atoms. The van der Waals surface area contributed by atoms with Gasteiger partial charge in [0.15, 0.2) is 11.5 Å². The molecule has 2 aromatic carbocycles. The number of rotatable bonds is 8. The van der Waals surface area contributed by atoms with E-state index in [9.17, 15) is 14.7 Å². The molecular formula is C25H26Cl2N2O5. The summed E-state index contributed by atoms with van der Waals surface area (Å²) in [6.07, 6.45) is 0.677. The monoisotopic (exact) mass is 504 g/mol. The topological polar surface area (TPSA) is 79.3 Å². The number of carbonyl (C=O) groups is 2. The van der Waals surface area contributed by atoms with Gasteiger partial charge < -0.3 is 24.4 Å². The summed E-state index contributed by atoms with van der Waals surface area (Å²) in [6, 6.07) is 9.05. The minimum absolute atomic E-state index is 0.00472. The molecular weight excluding hydrogens is 479 g/mol. The molecule has 0 saturated carbocycles. The first-order chi connectivity index (χ1) is 16.3. The van der Waals surface area contributed by atoms with Gasteiger partial charge in [0.2, 0.25) is 6.79 Å². The van der Waals surface area contributed by atoms with Gasteiger partial charge in [-0.25, -0.2) is 0 Å². The lowest BCUT2D eigenvalue weighted by Crippen LogP contribution is -2.33. The second-order valence-electron chi connectivity index (χ2n) is 8.11. The maximum absolute atomic E-state index is 13.2. The van der Waals surface area contributed by atoms with Crippen molar-refractivity contribution in [1.82, 2.24) is 9.80 Å². The number of amides is 1. The van der Waals surface area contributed by atoms with Crippen LogP contribution in [0.4, 0.5) is 0 Å². The Kier molecular flexibility index (Phi) is 7.36. The number of likely N-dealkylation sites (tertiary alicyclic amines) is 1. The van der Waals surface area contributed by atoms with Gasteiger partial charge in [-0.2, -0.15) is 0 Å². The summed E-state index contributed by atoms with van der Waals surface area (Å²) in [5.74, 6) is -0.663. The Morgan fingerprint density at radius 2 is 1.79 bits per heavy atom. The molecule has 0 aliphatic carbocycles. The van der Waals surface area contributed by atoms with Gasteiger partial charge in [0.25, 0.3) is 11.7 Å². The van der Waals surface area contributed by atoms with Crippen molar-refractivity contribution in [2.45, 2.75) is 26.3 Å². The van der Waals surface area contributed by atoms with Gasteiger partial charge in [0.05, 0.1) is 21.7 Å². The number of carbonyl (C=O) groups excluding carboxylic acids is 2. The van der Waals surface area contributed by atoms with Crippen molar-refractivity contribution in [3.63, 3.8) is 0 Å². The number of halogens is 2. The van der Waals surface area contributed by atoms with Gasteiger partial charge in [-0.15, -0.1) is 0 Å². The van der Waals surface area contributed by atoms with Crippen molar-refractivity contribution in [3.8, 4) is 11.5 Å². The molecule has 1 fully saturated rings. The second kappa shape index (κ2) is 10.3. The van der Waals surface area contributed by atoms with Gasteiger partial charge >= 0.3 is 0 Å². The van der Waals surface area contributed by atoms with E-state index in [0.717, 1.165) is 19.6 Å². The highest BCUT2D eigenvalue weighted by molar-refractivity contribution is 6.46. The van der Waals surface area contributed by atoms with Crippen LogP contribution in [0.2, 0.25) is 10.0 Å². The van der Waals surface area contributed by atoms with E-state index >= 15 is 0 Å². The van der Waals surface area contributed by atoms with Crippen LogP contribution in [0.1, 0.15) is 37.4 Å². The average Bonchev–Trinajstić information content (AvgIpc) is 3.40. The predicted molar refractivity (Wildman–Crippen MR) is 130 cm³/mol. The normalized spacial score (nSPS) is 18.9. The smallest absolute Gasteiger partial charge is 0.295 e. The fraction of sp³-hybridized carbons (Fsp3) is 0.360. The van der Waals surface area contributed by atoms with E-state index in [0.29, 0.717) is 45.6 Å². The first-order valence-corrected chi connectivity index (χ1v) is 12.0. The molecule has 1 amide bonds. The predicted octanol–water partition coefficient (Wildman–Crippen LogP) is 4.88. The number of ketones is 1. The minimum atomic E-state index is -0.795. The van der Waals surface area contributed by atoms with Crippen LogP contribution >= 0.6 is 23.2 Å². The van der Waals surface area contributed by atoms with Crippen LogP contribution in [0.15, 0.2) is 42.0 Å². The summed E-state index contributed by atoms with van der Waals surface area (Å²) in [5, 5.41) is 11.9. The van der Waals surface area contributed by atoms with E-state index in [4.69, 9.17) is 32.7 Å². The van der Waals surface area contributed by atoms with Crippen LogP contribution in [0.25, 0.3) is 5.76 Å². The molecule has 0 spiro atoms. The summed E-state index contributed by atoms with van der Waals surface area (Å²) in [4.78, 5) is 30.0. The lowest BCUT2D eigenvalue weighted by atomic mass is 9.95. The highest BCUT2D eigenvalue weighted by Crippen LogP contribution is 2.42. The van der Waals surface area contributed by atoms with Crippen molar-refractivity contribution in [3.05, 3.63) is 63.1 Å². The van der Waals surface area contributed by atoms with Gasteiger partial charge in [-0.1, -0.05) is 43.1 Å². The largest absolute Gasteiger partial charge is 0.507 e. The maximum atomic E-state index is 13.2. The van der Waals surface area contributed by atoms with Crippen LogP contribution in [-0.4, -0.2) is 59.6 Å². The number of aliphatic hydroxyl groups excluding tert-OH is 1. The summed E-state index contributed by atoms with van der Waals surface area (Å²) in [6.45, 7) is 7.18. The molecule has 1 unspecified atom stereocenters. The van der Waals surface area contributed by atoms with Crippen molar-refractivity contribution >= 4 is 40.7 Å². The molecule has 2 heterocycles. The third-order valence-corrected chi connectivity index (χ3v) is 6.95. The van der Waals surface area contributed by atoms with Crippen molar-refractivity contribution in [2.24, 2.45) is 0 Å². The van der Waals surface area contributed by atoms with E-state index in [1.165, 1.54) is 4.90 Å². The van der Waals surface area contributed by atoms with Gasteiger partial charge in [-0.05, 0) is 62.0 Å². The fourth-order valence-electron chi connectivity index (χ4n) is 4.34. The molecule has 0 aromatic heterocycles. The molecule has 7 nitrogen and oxygen atoms in total. The molecule has 1 N–H and O–H groups in total. The van der Waals surface area contributed by atoms with E-state index in [1.807, 2.05) is 0 Å². The van der Waals surface area contributed by atoms with E-state index in [1.54, 1.807) is 36.4 Å². The summed E-state index contributed by atoms with van der Waals surface area (Å²) < 4.78 is 10.7. The zero-order chi connectivity index (χ0) is 24.4. The van der Waals surface area contributed by atoms with Crippen LogP contribution in [0, 0.1) is 0 Å². The van der Waals surface area contributed by atoms with Crippen molar-refractivity contribution in [1.29, 1.82) is 0 Å². The molecule has 1 saturated heterocycles. The Morgan fingerprint density at radius 1 is 1.06 bits per heavy atom. The number of hydrogen-bond acceptors (Lipinski definition) is 6. The lowest BCUT2D eigenvalue weighted by Gasteiger charge is -2.27. The Bertz CT molecular complexity index is 1150. The van der Waals surface area contributed by atoms with Crippen LogP contribution in [-0.2, 0) is 9.59 Å². The van der Waals surface area contributed by atoms with E-state index in [2.05, 4.69) is 18.7 Å². The zero-order valence-electron chi connectivity index (χ0n) is 19.0. The second-order valence-corrected chi connectivity index (χ2v) is 8.93. The van der Waals surface area contributed by atoms with Crippen LogP contribution in [0.5, 0.6) is 11.5 Å². The first-order valence-electron chi connectivity index (χ1n) is 11.2. The summed E-state index contributed by atoms with van der Waals surface area (Å²) in [7, 11) is 0. The number of aliphatic hydroxyl groups is 1. The van der Waals surface area contributed by atoms with E-state index in [-0.39, 0.29) is 18.1 Å². The molecule has 2 aliphatic rings. The summed E-state index contributed by atoms with van der Waals surface area (Å²) in [5.41, 5.74) is 0.958. The molecule has 34 heavy (non-hydrogen) atoms. The molecule has 1 atom stereocenters. The highest BCUT2D eigenvalue weighted by atomic mass is 35.5. The van der Waals surface area contributed by atoms with Crippen molar-refractivity contribution in [2.75, 3.05) is 33.0 Å². The summed E-state index contributed by atoms with van der Waals surface area (Å²) >= 11 is 12.4. The van der Waals surface area contributed by atoms with Gasteiger partial charge in [-0.3, -0.25) is 9.59 Å². The third-order valence-electron chi connectivity index (χ3n) is 6.21. The minimum Gasteiger partial charge on any atom is -0.507 e. The first kappa shape index (κ1) is 24.4. The van der Waals surface area contributed by atoms with Crippen molar-refractivity contribution < 1.29 is 24.2 Å². The van der Waals surface area contributed by atoms with Crippen LogP contribution in [0.3, 0.4) is 0 Å². The van der Waals surface area contributed by atoms with Crippen LogP contribution < -0.4 is 9.47 Å². The Labute approximate surface area is 208 Å². The molecule has 9 heteroatoms. The average molecular weight is 505 g/mol. The number of hydrogen-bond donors (Lipinski definition) is 1. The SMILES string of the molecule is CCN(CC)CCCN1C(=O)C(=O)C(=C(O)c2ccc3c(c2)OCO3)C1c1ccc(Cl)c(Cl)c1. The standard InChI is InChI=1S/C25H26Cl2N2O5/c1-3-28(4-2)10-5-11-29-22(15-6-8-17(26)18(27)12-15)21(24(31)25(29)32)23(30)16-7-9-19-20(13-16)34-14-33-19/h6-9,12-13,22,30H,3-5,10-11,14H2,1-2H3. The Hall–Kier alpha value is -2.74. The molecule has 0 radical (unpaired) electrons. The quantitative estimate of drug-likeness (QED) is 0.313. The number of fused-ring (bicyclic) bond motifs is 1. The van der Waals surface area contributed by atoms with Gasteiger partial charge in [0.1, 0.15) is 5.76 Å². The number of ether oxygens (including phenoxy) is 2. The zero-order valence-corrected chi connectivity index (χ0v) is 20.5. The molecule has 180 valence electrons. The third kappa shape index (κ3) is 4.60. The Balaban J connectivity index is 1.75. The van der Waals surface area contributed by atoms with E-state index < -0.39 is 17.7 Å². The van der Waals surface area contributed by atoms with Gasteiger partial charge in [0, 0.05) is 12.1 Å². The number of Topliss-reactive ketones (excluding diaryl/α,β-unsaturated/α-hetero) is 1. The Morgan fingerprint density at radius 3 is 2.50 bits per heavy atom. The highest BCUT2D eigenvalue weighted by Gasteiger charge is 2.46. The molecule has 2 aromatic rings. The number of benzene rings is 2. The molecule has 2 aliphatic heterocycles. The molecule has 4 rings (SSSR count). The number of nitrogens with zero attached hydrogens (tertiary/aromatic N) is 2. The lowest BCUT2D eigenvalue weighted by molar-refractivity contribution is -0.140.